The first-order valence-corrected chi connectivity index (χ1v) is 7.46. The summed E-state index contributed by atoms with van der Waals surface area (Å²) in [5.74, 6) is 0.247. The predicted octanol–water partition coefficient (Wildman–Crippen LogP) is 1.07. The lowest BCUT2D eigenvalue weighted by Crippen LogP contribution is -2.51. The van der Waals surface area contributed by atoms with Crippen LogP contribution in [0.3, 0.4) is 0 Å². The molecule has 0 radical (unpaired) electrons. The van der Waals surface area contributed by atoms with Gasteiger partial charge in [0.15, 0.2) is 0 Å². The van der Waals surface area contributed by atoms with E-state index in [1.807, 2.05) is 25.7 Å². The molecular weight excluding hydrogens is 226 g/mol. The normalized spacial score (nSPS) is 29.3. The third kappa shape index (κ3) is 2.69. The monoisotopic (exact) mass is 253 g/mol. The van der Waals surface area contributed by atoms with E-state index in [1.54, 1.807) is 0 Å². The van der Waals surface area contributed by atoms with Crippen LogP contribution in [0.5, 0.6) is 0 Å². The molecule has 18 heavy (non-hydrogen) atoms. The highest BCUT2D eigenvalue weighted by Gasteiger charge is 2.38. The van der Waals surface area contributed by atoms with Crippen LogP contribution >= 0.6 is 0 Å². The number of carbonyl (C=O) groups is 1. The first kappa shape index (κ1) is 13.8. The Morgan fingerprint density at radius 2 is 2.06 bits per heavy atom. The summed E-state index contributed by atoms with van der Waals surface area (Å²) >= 11 is 0. The molecule has 4 nitrogen and oxygen atoms in total. The number of hydrogen-bond acceptors (Lipinski definition) is 3. The Kier molecular flexibility index (Phi) is 4.62. The van der Waals surface area contributed by atoms with E-state index >= 15 is 0 Å². The standard InChI is InChI=1S/C14H27N3O/c1-4-16(5-2)14(18)11(3)15-12-8-10-17-9-6-7-13(12)17/h11-13,15H,4-10H2,1-3H3. The predicted molar refractivity (Wildman–Crippen MR) is 73.5 cm³/mol. The number of nitrogens with zero attached hydrogens (tertiary/aromatic N) is 2. The topological polar surface area (TPSA) is 35.6 Å². The van der Waals surface area contributed by atoms with Gasteiger partial charge >= 0.3 is 0 Å². The van der Waals surface area contributed by atoms with Gasteiger partial charge in [0, 0.05) is 31.7 Å². The van der Waals surface area contributed by atoms with Gasteiger partial charge < -0.3 is 10.2 Å². The van der Waals surface area contributed by atoms with E-state index in [4.69, 9.17) is 0 Å². The molecule has 2 aliphatic rings. The summed E-state index contributed by atoms with van der Waals surface area (Å²) in [6.45, 7) is 10.2. The van der Waals surface area contributed by atoms with E-state index in [-0.39, 0.29) is 11.9 Å². The van der Waals surface area contributed by atoms with Crippen LogP contribution in [-0.2, 0) is 4.79 Å². The van der Waals surface area contributed by atoms with Crippen LogP contribution in [0.1, 0.15) is 40.0 Å². The molecular formula is C14H27N3O. The van der Waals surface area contributed by atoms with Crippen LogP contribution in [0.2, 0.25) is 0 Å². The summed E-state index contributed by atoms with van der Waals surface area (Å²) in [6.07, 6.45) is 3.81. The van der Waals surface area contributed by atoms with Crippen molar-refractivity contribution in [2.24, 2.45) is 0 Å². The van der Waals surface area contributed by atoms with Gasteiger partial charge in [-0.3, -0.25) is 9.69 Å². The third-order valence-corrected chi connectivity index (χ3v) is 4.52. The summed E-state index contributed by atoms with van der Waals surface area (Å²) in [5, 5.41) is 3.57. The van der Waals surface area contributed by atoms with Crippen LogP contribution in [-0.4, -0.2) is 60.0 Å². The number of nitrogens with one attached hydrogen (secondary N) is 1. The number of carbonyl (C=O) groups excluding carboxylic acids is 1. The van der Waals surface area contributed by atoms with E-state index in [2.05, 4.69) is 10.2 Å². The Morgan fingerprint density at radius 3 is 2.72 bits per heavy atom. The van der Waals surface area contributed by atoms with Crippen molar-refractivity contribution in [2.45, 2.75) is 58.2 Å². The van der Waals surface area contributed by atoms with Gasteiger partial charge in [-0.25, -0.2) is 0 Å². The molecule has 4 heteroatoms. The Bertz CT molecular complexity index is 291. The zero-order valence-electron chi connectivity index (χ0n) is 12.0. The van der Waals surface area contributed by atoms with Gasteiger partial charge in [-0.2, -0.15) is 0 Å². The lowest BCUT2D eigenvalue weighted by atomic mass is 10.1. The molecule has 0 saturated carbocycles. The highest BCUT2D eigenvalue weighted by Crippen LogP contribution is 2.28. The maximum Gasteiger partial charge on any atom is 0.239 e. The summed E-state index contributed by atoms with van der Waals surface area (Å²) in [6, 6.07) is 1.15. The lowest BCUT2D eigenvalue weighted by Gasteiger charge is -2.28. The first-order valence-electron chi connectivity index (χ1n) is 7.46. The number of amides is 1. The molecule has 2 heterocycles. The number of hydrogen-bond donors (Lipinski definition) is 1. The zero-order chi connectivity index (χ0) is 13.1. The van der Waals surface area contributed by atoms with E-state index in [0.717, 1.165) is 13.1 Å². The summed E-state index contributed by atoms with van der Waals surface area (Å²) < 4.78 is 0. The van der Waals surface area contributed by atoms with Gasteiger partial charge in [-0.05, 0) is 46.6 Å². The van der Waals surface area contributed by atoms with Crippen LogP contribution in [0.15, 0.2) is 0 Å². The second kappa shape index (κ2) is 6.02. The Morgan fingerprint density at radius 1 is 1.33 bits per heavy atom. The van der Waals surface area contributed by atoms with Gasteiger partial charge in [0.25, 0.3) is 0 Å². The average molecular weight is 253 g/mol. The van der Waals surface area contributed by atoms with Crippen molar-refractivity contribution in [3.8, 4) is 0 Å². The zero-order valence-corrected chi connectivity index (χ0v) is 12.0. The third-order valence-electron chi connectivity index (χ3n) is 4.52. The van der Waals surface area contributed by atoms with Gasteiger partial charge in [0.05, 0.1) is 6.04 Å². The van der Waals surface area contributed by atoms with Crippen molar-refractivity contribution < 1.29 is 4.79 Å². The second-order valence-corrected chi connectivity index (χ2v) is 5.54. The average Bonchev–Trinajstić information content (AvgIpc) is 2.95. The van der Waals surface area contributed by atoms with Crippen molar-refractivity contribution in [3.63, 3.8) is 0 Å². The summed E-state index contributed by atoms with van der Waals surface area (Å²) in [7, 11) is 0. The maximum atomic E-state index is 12.2. The molecule has 0 aromatic carbocycles. The maximum absolute atomic E-state index is 12.2. The quantitative estimate of drug-likeness (QED) is 0.796. The molecule has 3 unspecified atom stereocenters. The van der Waals surface area contributed by atoms with Gasteiger partial charge in [0.2, 0.25) is 5.91 Å². The van der Waals surface area contributed by atoms with E-state index < -0.39 is 0 Å². The number of likely N-dealkylation sites (N-methyl/N-ethyl adjacent to an activating group) is 1. The van der Waals surface area contributed by atoms with Gasteiger partial charge in [-0.1, -0.05) is 0 Å². The van der Waals surface area contributed by atoms with E-state index in [0.29, 0.717) is 12.1 Å². The number of fused-ring (bicyclic) bond motifs is 1. The molecule has 1 amide bonds. The minimum Gasteiger partial charge on any atom is -0.342 e. The highest BCUT2D eigenvalue weighted by atomic mass is 16.2. The molecule has 104 valence electrons. The molecule has 0 aromatic heterocycles. The Labute approximate surface area is 111 Å². The molecule has 0 aliphatic carbocycles. The summed E-state index contributed by atoms with van der Waals surface area (Å²) in [4.78, 5) is 16.7. The fourth-order valence-electron chi connectivity index (χ4n) is 3.48. The highest BCUT2D eigenvalue weighted by molar-refractivity contribution is 5.81. The van der Waals surface area contributed by atoms with E-state index in [1.165, 1.54) is 32.4 Å². The molecule has 1 N–H and O–H groups in total. The Balaban J connectivity index is 1.87. The summed E-state index contributed by atoms with van der Waals surface area (Å²) in [5.41, 5.74) is 0. The smallest absolute Gasteiger partial charge is 0.239 e. The molecule has 0 bridgehead atoms. The Hall–Kier alpha value is -0.610. The molecule has 2 rings (SSSR count). The first-order chi connectivity index (χ1) is 8.67. The molecule has 0 spiro atoms. The fraction of sp³-hybridized carbons (Fsp3) is 0.929. The van der Waals surface area contributed by atoms with Gasteiger partial charge in [0.1, 0.15) is 0 Å². The van der Waals surface area contributed by atoms with Crippen LogP contribution in [0.25, 0.3) is 0 Å². The molecule has 2 fully saturated rings. The van der Waals surface area contributed by atoms with Gasteiger partial charge in [-0.15, -0.1) is 0 Å². The molecule has 2 aliphatic heterocycles. The van der Waals surface area contributed by atoms with Crippen molar-refractivity contribution in [1.29, 1.82) is 0 Å². The number of rotatable bonds is 5. The van der Waals surface area contributed by atoms with Crippen molar-refractivity contribution in [2.75, 3.05) is 26.2 Å². The van der Waals surface area contributed by atoms with Crippen LogP contribution in [0, 0.1) is 0 Å². The minimum absolute atomic E-state index is 0.0459. The fourth-order valence-corrected chi connectivity index (χ4v) is 3.48. The molecule has 0 aromatic rings. The van der Waals surface area contributed by atoms with Crippen LogP contribution in [0.4, 0.5) is 0 Å². The van der Waals surface area contributed by atoms with Crippen molar-refractivity contribution in [3.05, 3.63) is 0 Å². The second-order valence-electron chi connectivity index (χ2n) is 5.54. The molecule has 2 saturated heterocycles. The minimum atomic E-state index is -0.0459. The lowest BCUT2D eigenvalue weighted by molar-refractivity contribution is -0.132. The largest absolute Gasteiger partial charge is 0.342 e. The van der Waals surface area contributed by atoms with Crippen LogP contribution < -0.4 is 5.32 Å². The van der Waals surface area contributed by atoms with E-state index in [9.17, 15) is 4.79 Å². The SMILES string of the molecule is CCN(CC)C(=O)C(C)NC1CCN2CCCC12. The van der Waals surface area contributed by atoms with Crippen molar-refractivity contribution >= 4 is 5.91 Å². The molecule has 3 atom stereocenters. The van der Waals surface area contributed by atoms with Crippen molar-refractivity contribution in [1.82, 2.24) is 15.1 Å².